The summed E-state index contributed by atoms with van der Waals surface area (Å²) in [6.07, 6.45) is 3.88. The molecule has 138 valence electrons. The molecule has 1 aromatic rings. The summed E-state index contributed by atoms with van der Waals surface area (Å²) in [7, 11) is 0. The zero-order valence-electron chi connectivity index (χ0n) is 14.6. The van der Waals surface area contributed by atoms with Crippen LogP contribution in [0.3, 0.4) is 0 Å². The monoisotopic (exact) mass is 349 g/mol. The van der Waals surface area contributed by atoms with Gasteiger partial charge in [-0.15, -0.1) is 0 Å². The predicted octanol–water partition coefficient (Wildman–Crippen LogP) is 1.80. The summed E-state index contributed by atoms with van der Waals surface area (Å²) < 4.78 is 0. The molecule has 7 nitrogen and oxygen atoms in total. The smallest absolute Gasteiger partial charge is 0.335 e. The molecule has 1 amide bonds. The minimum absolute atomic E-state index is 0.112. The van der Waals surface area contributed by atoms with E-state index in [0.29, 0.717) is 30.8 Å². The van der Waals surface area contributed by atoms with E-state index < -0.39 is 11.5 Å². The van der Waals surface area contributed by atoms with Crippen molar-refractivity contribution in [1.82, 2.24) is 0 Å². The van der Waals surface area contributed by atoms with E-state index in [1.807, 2.05) is 0 Å². The van der Waals surface area contributed by atoms with Crippen LogP contribution in [0.2, 0.25) is 0 Å². The third-order valence-electron chi connectivity index (χ3n) is 4.78. The van der Waals surface area contributed by atoms with Crippen LogP contribution in [0.25, 0.3) is 0 Å². The lowest BCUT2D eigenvalue weighted by molar-refractivity contribution is -0.117. The largest absolute Gasteiger partial charge is 0.478 e. The molecular formula is C18H27N3O4. The lowest BCUT2D eigenvalue weighted by Gasteiger charge is -2.37. The Bertz CT molecular complexity index is 629. The molecule has 0 bridgehead atoms. The molecular weight excluding hydrogens is 322 g/mol. The molecule has 0 radical (unpaired) electrons. The second kappa shape index (κ2) is 8.31. The fraction of sp³-hybridized carbons (Fsp3) is 0.556. The van der Waals surface area contributed by atoms with E-state index >= 15 is 0 Å². The fourth-order valence-electron chi connectivity index (χ4n) is 3.23. The number of carbonyl (C=O) groups is 2. The van der Waals surface area contributed by atoms with Crippen molar-refractivity contribution in [2.75, 3.05) is 29.9 Å². The number of nitrogens with zero attached hydrogens (tertiary/aromatic N) is 1. The Hall–Kier alpha value is -2.12. The first-order valence-electron chi connectivity index (χ1n) is 8.74. The number of aromatic carboxylic acids is 1. The number of rotatable bonds is 9. The first kappa shape index (κ1) is 19.2. The maximum absolute atomic E-state index is 12.5. The zero-order valence-corrected chi connectivity index (χ0v) is 14.6. The van der Waals surface area contributed by atoms with Gasteiger partial charge in [0.05, 0.1) is 29.1 Å². The van der Waals surface area contributed by atoms with Crippen LogP contribution in [0.1, 0.15) is 49.4 Å². The van der Waals surface area contributed by atoms with Crippen LogP contribution >= 0.6 is 0 Å². The second-order valence-corrected chi connectivity index (χ2v) is 6.49. The number of hydrogen-bond donors (Lipinski definition) is 4. The van der Waals surface area contributed by atoms with Crippen molar-refractivity contribution < 1.29 is 19.8 Å². The number of nitrogens with one attached hydrogen (secondary N) is 1. The number of aliphatic hydroxyl groups is 1. The van der Waals surface area contributed by atoms with E-state index in [4.69, 9.17) is 5.73 Å². The third kappa shape index (κ3) is 3.93. The highest BCUT2D eigenvalue weighted by atomic mass is 16.4. The molecule has 2 rings (SSSR count). The summed E-state index contributed by atoms with van der Waals surface area (Å²) in [6, 6.07) is 4.63. The molecule has 7 heteroatoms. The van der Waals surface area contributed by atoms with Crippen LogP contribution in [-0.4, -0.2) is 47.3 Å². The van der Waals surface area contributed by atoms with Gasteiger partial charge >= 0.3 is 5.97 Å². The van der Waals surface area contributed by atoms with Crippen molar-refractivity contribution in [3.63, 3.8) is 0 Å². The average Bonchev–Trinajstić information content (AvgIpc) is 2.95. The fourth-order valence-corrected chi connectivity index (χ4v) is 3.23. The molecule has 25 heavy (non-hydrogen) atoms. The number of carbonyl (C=O) groups excluding carboxylic acids is 1. The van der Waals surface area contributed by atoms with Gasteiger partial charge in [-0.25, -0.2) is 4.79 Å². The van der Waals surface area contributed by atoms with Crippen LogP contribution in [-0.2, 0) is 4.79 Å². The van der Waals surface area contributed by atoms with Crippen molar-refractivity contribution >= 4 is 23.3 Å². The number of amides is 1. The Morgan fingerprint density at radius 2 is 2.16 bits per heavy atom. The molecule has 1 atom stereocenters. The predicted molar refractivity (Wildman–Crippen MR) is 97.0 cm³/mol. The summed E-state index contributed by atoms with van der Waals surface area (Å²) in [5.74, 6) is -1.14. The highest BCUT2D eigenvalue weighted by Crippen LogP contribution is 2.39. The van der Waals surface area contributed by atoms with Gasteiger partial charge in [-0.05, 0) is 31.0 Å². The first-order chi connectivity index (χ1) is 12.0. The van der Waals surface area contributed by atoms with Crippen LogP contribution in [0.5, 0.6) is 0 Å². The number of hydrogen-bond acceptors (Lipinski definition) is 5. The first-order valence-corrected chi connectivity index (χ1v) is 8.74. The van der Waals surface area contributed by atoms with Gasteiger partial charge in [0, 0.05) is 19.5 Å². The number of nitrogens with two attached hydrogens (primary N) is 1. The van der Waals surface area contributed by atoms with Gasteiger partial charge in [0.15, 0.2) is 0 Å². The number of anilines is 2. The number of benzene rings is 1. The van der Waals surface area contributed by atoms with Gasteiger partial charge in [0.2, 0.25) is 5.91 Å². The Morgan fingerprint density at radius 3 is 2.76 bits per heavy atom. The van der Waals surface area contributed by atoms with Gasteiger partial charge in [-0.1, -0.05) is 19.8 Å². The van der Waals surface area contributed by atoms with Crippen molar-refractivity contribution in [3.05, 3.63) is 23.8 Å². The molecule has 1 unspecified atom stereocenters. The molecule has 1 aliphatic heterocycles. The lowest BCUT2D eigenvalue weighted by atomic mass is 9.96. The van der Waals surface area contributed by atoms with E-state index in [9.17, 15) is 19.8 Å². The van der Waals surface area contributed by atoms with Crippen molar-refractivity contribution in [2.45, 2.75) is 44.6 Å². The molecule has 0 aromatic heterocycles. The Labute approximate surface area is 147 Å². The van der Waals surface area contributed by atoms with Crippen LogP contribution in [0.15, 0.2) is 18.2 Å². The van der Waals surface area contributed by atoms with Gasteiger partial charge in [-0.2, -0.15) is 0 Å². The Morgan fingerprint density at radius 1 is 1.40 bits per heavy atom. The van der Waals surface area contributed by atoms with Crippen molar-refractivity contribution in [1.29, 1.82) is 0 Å². The molecule has 1 heterocycles. The topological polar surface area (TPSA) is 116 Å². The lowest BCUT2D eigenvalue weighted by Crippen LogP contribution is -2.54. The summed E-state index contributed by atoms with van der Waals surface area (Å²) in [5.41, 5.74) is 6.34. The molecule has 0 spiro atoms. The van der Waals surface area contributed by atoms with E-state index in [1.165, 1.54) is 12.1 Å². The average molecular weight is 349 g/mol. The van der Waals surface area contributed by atoms with Gasteiger partial charge in [-0.3, -0.25) is 4.79 Å². The minimum atomic E-state index is -1.02. The minimum Gasteiger partial charge on any atom is -0.478 e. The second-order valence-electron chi connectivity index (χ2n) is 6.49. The molecule has 1 aliphatic rings. The van der Waals surface area contributed by atoms with Crippen LogP contribution < -0.4 is 16.0 Å². The zero-order chi connectivity index (χ0) is 18.4. The van der Waals surface area contributed by atoms with Gasteiger partial charge < -0.3 is 26.2 Å². The summed E-state index contributed by atoms with van der Waals surface area (Å²) in [4.78, 5) is 25.3. The molecule has 5 N–H and O–H groups in total. The van der Waals surface area contributed by atoms with Crippen molar-refractivity contribution in [2.24, 2.45) is 5.73 Å². The summed E-state index contributed by atoms with van der Waals surface area (Å²) in [6.45, 7) is 2.70. The molecule has 1 aromatic carbocycles. The highest BCUT2D eigenvalue weighted by Gasteiger charge is 2.45. The number of aliphatic hydroxyl groups excluding tert-OH is 1. The quantitative estimate of drug-likeness (QED) is 0.505. The van der Waals surface area contributed by atoms with Gasteiger partial charge in [0.25, 0.3) is 0 Å². The molecule has 1 fully saturated rings. The van der Waals surface area contributed by atoms with E-state index in [0.717, 1.165) is 19.3 Å². The van der Waals surface area contributed by atoms with E-state index in [-0.39, 0.29) is 24.6 Å². The van der Waals surface area contributed by atoms with Crippen LogP contribution in [0.4, 0.5) is 11.4 Å². The highest BCUT2D eigenvalue weighted by molar-refractivity contribution is 6.01. The maximum Gasteiger partial charge on any atom is 0.335 e. The standard InChI is InChI=1S/C18H27N3O4/c1-2-3-4-9-20-14-10-13(17(24)25)5-6-15(14)21-16(23)7-8-18(21,11-19)12-22/h5-6,10,20,22H,2-4,7-9,11-12,19H2,1H3,(H,24,25). The molecule has 0 aliphatic carbocycles. The normalized spacial score (nSPS) is 20.1. The van der Waals surface area contributed by atoms with E-state index in [2.05, 4.69) is 12.2 Å². The van der Waals surface area contributed by atoms with E-state index in [1.54, 1.807) is 11.0 Å². The number of carboxylic acids is 1. The molecule has 0 saturated carbocycles. The Balaban J connectivity index is 2.40. The van der Waals surface area contributed by atoms with Crippen LogP contribution in [0, 0.1) is 0 Å². The SMILES string of the molecule is CCCCCNc1cc(C(=O)O)ccc1N1C(=O)CCC1(CN)CO. The Kier molecular flexibility index (Phi) is 6.39. The maximum atomic E-state index is 12.5. The number of carboxylic acid groups (broad SMARTS) is 1. The summed E-state index contributed by atoms with van der Waals surface area (Å²) in [5, 5.41) is 22.4. The van der Waals surface area contributed by atoms with Crippen molar-refractivity contribution in [3.8, 4) is 0 Å². The third-order valence-corrected chi connectivity index (χ3v) is 4.78. The summed E-state index contributed by atoms with van der Waals surface area (Å²) >= 11 is 0. The van der Waals surface area contributed by atoms with Gasteiger partial charge in [0.1, 0.15) is 0 Å². The number of unbranched alkanes of at least 4 members (excludes halogenated alkanes) is 2. The molecule has 1 saturated heterocycles.